The molecule has 2 aromatic carbocycles. The Morgan fingerprint density at radius 2 is 1.85 bits per heavy atom. The zero-order valence-corrected chi connectivity index (χ0v) is 11.1. The van der Waals surface area contributed by atoms with E-state index in [1.54, 1.807) is 36.4 Å². The molecule has 102 valence electrons. The highest BCUT2D eigenvalue weighted by Crippen LogP contribution is 2.19. The number of urea groups is 1. The normalized spacial score (nSPS) is 10.4. The standard InChI is InChI=1S/C14H12ClN3O2/c15-12-3-1-2-4-13(12)17-14(20)18-16-9-10-5-7-11(19)8-6-10/h1-9,19H,(H2,17,18,20). The van der Waals surface area contributed by atoms with Crippen molar-refractivity contribution in [3.8, 4) is 5.75 Å². The van der Waals surface area contributed by atoms with E-state index in [2.05, 4.69) is 15.8 Å². The molecule has 5 nitrogen and oxygen atoms in total. The summed E-state index contributed by atoms with van der Waals surface area (Å²) in [5, 5.41) is 15.9. The average Bonchev–Trinajstić information content (AvgIpc) is 2.44. The minimum Gasteiger partial charge on any atom is -0.508 e. The number of hydrogen-bond acceptors (Lipinski definition) is 3. The molecule has 0 atom stereocenters. The van der Waals surface area contributed by atoms with Gasteiger partial charge in [-0.2, -0.15) is 5.10 Å². The van der Waals surface area contributed by atoms with Crippen molar-refractivity contribution in [1.29, 1.82) is 0 Å². The number of hydrazone groups is 1. The van der Waals surface area contributed by atoms with E-state index in [4.69, 9.17) is 16.7 Å². The van der Waals surface area contributed by atoms with Crippen molar-refractivity contribution in [3.63, 3.8) is 0 Å². The lowest BCUT2D eigenvalue weighted by Crippen LogP contribution is -2.24. The van der Waals surface area contributed by atoms with Crippen molar-refractivity contribution in [3.05, 3.63) is 59.1 Å². The third-order valence-electron chi connectivity index (χ3n) is 2.39. The predicted molar refractivity (Wildman–Crippen MR) is 79.3 cm³/mol. The minimum atomic E-state index is -0.492. The molecule has 0 heterocycles. The summed E-state index contributed by atoms with van der Waals surface area (Å²) in [5.74, 6) is 0.173. The molecular weight excluding hydrogens is 278 g/mol. The fourth-order valence-corrected chi connectivity index (χ4v) is 1.62. The summed E-state index contributed by atoms with van der Waals surface area (Å²) < 4.78 is 0. The Bertz CT molecular complexity index is 627. The number of halogens is 1. The molecule has 0 saturated carbocycles. The van der Waals surface area contributed by atoms with Crippen LogP contribution < -0.4 is 10.7 Å². The van der Waals surface area contributed by atoms with Crippen LogP contribution in [-0.2, 0) is 0 Å². The van der Waals surface area contributed by atoms with Crippen molar-refractivity contribution < 1.29 is 9.90 Å². The van der Waals surface area contributed by atoms with E-state index in [0.717, 1.165) is 5.56 Å². The number of rotatable bonds is 3. The molecule has 0 unspecified atom stereocenters. The van der Waals surface area contributed by atoms with Gasteiger partial charge in [-0.15, -0.1) is 0 Å². The number of carbonyl (C=O) groups excluding carboxylic acids is 1. The Morgan fingerprint density at radius 1 is 1.15 bits per heavy atom. The Morgan fingerprint density at radius 3 is 2.55 bits per heavy atom. The monoisotopic (exact) mass is 289 g/mol. The summed E-state index contributed by atoms with van der Waals surface area (Å²) >= 11 is 5.91. The molecule has 2 rings (SSSR count). The van der Waals surface area contributed by atoms with Crippen LogP contribution in [0.1, 0.15) is 5.56 Å². The molecule has 0 fully saturated rings. The minimum absolute atomic E-state index is 0.173. The third-order valence-corrected chi connectivity index (χ3v) is 2.72. The van der Waals surface area contributed by atoms with E-state index >= 15 is 0 Å². The molecular formula is C14H12ClN3O2. The number of phenols is 1. The van der Waals surface area contributed by atoms with Crippen LogP contribution in [0.4, 0.5) is 10.5 Å². The first kappa shape index (κ1) is 13.9. The highest BCUT2D eigenvalue weighted by Gasteiger charge is 2.02. The largest absolute Gasteiger partial charge is 0.508 e. The quantitative estimate of drug-likeness (QED) is 0.599. The number of carbonyl (C=O) groups is 1. The van der Waals surface area contributed by atoms with Crippen molar-refractivity contribution in [2.24, 2.45) is 5.10 Å². The van der Waals surface area contributed by atoms with Gasteiger partial charge in [0.15, 0.2) is 0 Å². The van der Waals surface area contributed by atoms with Gasteiger partial charge in [0.25, 0.3) is 0 Å². The van der Waals surface area contributed by atoms with Crippen molar-refractivity contribution >= 4 is 29.5 Å². The molecule has 0 bridgehead atoms. The molecule has 2 aromatic rings. The first-order valence-corrected chi connectivity index (χ1v) is 6.16. The van der Waals surface area contributed by atoms with Crippen LogP contribution in [0.15, 0.2) is 53.6 Å². The van der Waals surface area contributed by atoms with Gasteiger partial charge in [0.1, 0.15) is 5.75 Å². The summed E-state index contributed by atoms with van der Waals surface area (Å²) in [6.45, 7) is 0. The van der Waals surface area contributed by atoms with Crippen molar-refractivity contribution in [1.82, 2.24) is 5.43 Å². The fourth-order valence-electron chi connectivity index (χ4n) is 1.44. The Kier molecular flexibility index (Phi) is 4.57. The second kappa shape index (κ2) is 6.58. The third kappa shape index (κ3) is 4.00. The van der Waals surface area contributed by atoms with Gasteiger partial charge >= 0.3 is 6.03 Å². The Labute approximate surface area is 120 Å². The molecule has 20 heavy (non-hydrogen) atoms. The second-order valence-corrected chi connectivity index (χ2v) is 4.30. The van der Waals surface area contributed by atoms with Gasteiger partial charge in [0.2, 0.25) is 0 Å². The molecule has 0 aliphatic heterocycles. The van der Waals surface area contributed by atoms with Crippen molar-refractivity contribution in [2.75, 3.05) is 5.32 Å². The van der Waals surface area contributed by atoms with Gasteiger partial charge in [-0.25, -0.2) is 10.2 Å². The lowest BCUT2D eigenvalue weighted by atomic mass is 10.2. The molecule has 3 N–H and O–H groups in total. The number of nitrogens with one attached hydrogen (secondary N) is 2. The number of nitrogens with zero attached hydrogens (tertiary/aromatic N) is 1. The van der Waals surface area contributed by atoms with Crippen LogP contribution in [0.2, 0.25) is 5.02 Å². The number of phenolic OH excluding ortho intramolecular Hbond substituents is 1. The van der Waals surface area contributed by atoms with Crippen LogP contribution >= 0.6 is 11.6 Å². The summed E-state index contributed by atoms with van der Waals surface area (Å²) in [4.78, 5) is 11.6. The maximum absolute atomic E-state index is 11.6. The smallest absolute Gasteiger partial charge is 0.339 e. The molecule has 6 heteroatoms. The summed E-state index contributed by atoms with van der Waals surface area (Å²) in [6, 6.07) is 12.8. The van der Waals surface area contributed by atoms with Gasteiger partial charge in [-0.1, -0.05) is 23.7 Å². The molecule has 0 aliphatic carbocycles. The molecule has 0 spiro atoms. The Balaban J connectivity index is 1.89. The number of anilines is 1. The summed E-state index contributed by atoms with van der Waals surface area (Å²) in [7, 11) is 0. The van der Waals surface area contributed by atoms with E-state index < -0.39 is 6.03 Å². The molecule has 2 amide bonds. The van der Waals surface area contributed by atoms with Gasteiger partial charge < -0.3 is 10.4 Å². The first-order chi connectivity index (χ1) is 9.65. The molecule has 0 aliphatic rings. The maximum Gasteiger partial charge on any atom is 0.339 e. The molecule has 0 saturated heterocycles. The SMILES string of the molecule is O=C(NN=Cc1ccc(O)cc1)Nc1ccccc1Cl. The second-order valence-electron chi connectivity index (χ2n) is 3.90. The number of benzene rings is 2. The van der Waals surface area contributed by atoms with Gasteiger partial charge in [-0.3, -0.25) is 0 Å². The van der Waals surface area contributed by atoms with Crippen LogP contribution in [0, 0.1) is 0 Å². The topological polar surface area (TPSA) is 73.7 Å². The van der Waals surface area contributed by atoms with Gasteiger partial charge in [0.05, 0.1) is 16.9 Å². The van der Waals surface area contributed by atoms with Crippen molar-refractivity contribution in [2.45, 2.75) is 0 Å². The number of amides is 2. The van der Waals surface area contributed by atoms with E-state index in [0.29, 0.717) is 10.7 Å². The highest BCUT2D eigenvalue weighted by molar-refractivity contribution is 6.33. The lowest BCUT2D eigenvalue weighted by Gasteiger charge is -2.05. The zero-order valence-electron chi connectivity index (χ0n) is 10.4. The molecule has 0 aromatic heterocycles. The Hall–Kier alpha value is -2.53. The average molecular weight is 290 g/mol. The van der Waals surface area contributed by atoms with Gasteiger partial charge in [0, 0.05) is 0 Å². The lowest BCUT2D eigenvalue weighted by molar-refractivity contribution is 0.252. The van der Waals surface area contributed by atoms with E-state index in [9.17, 15) is 4.79 Å². The van der Waals surface area contributed by atoms with E-state index in [1.807, 2.05) is 0 Å². The number of para-hydroxylation sites is 1. The van der Waals surface area contributed by atoms with Crippen LogP contribution in [0.5, 0.6) is 5.75 Å². The predicted octanol–water partition coefficient (Wildman–Crippen LogP) is 3.20. The zero-order chi connectivity index (χ0) is 14.4. The maximum atomic E-state index is 11.6. The highest BCUT2D eigenvalue weighted by atomic mass is 35.5. The summed E-state index contributed by atoms with van der Waals surface area (Å²) in [6.07, 6.45) is 1.46. The van der Waals surface area contributed by atoms with Crippen LogP contribution in [0.3, 0.4) is 0 Å². The summed E-state index contributed by atoms with van der Waals surface area (Å²) in [5.41, 5.74) is 3.58. The van der Waals surface area contributed by atoms with E-state index in [-0.39, 0.29) is 5.75 Å². The fraction of sp³-hybridized carbons (Fsp3) is 0. The van der Waals surface area contributed by atoms with E-state index in [1.165, 1.54) is 18.3 Å². The number of aromatic hydroxyl groups is 1. The first-order valence-electron chi connectivity index (χ1n) is 5.79. The van der Waals surface area contributed by atoms with Gasteiger partial charge in [-0.05, 0) is 42.0 Å². The van der Waals surface area contributed by atoms with Crippen LogP contribution in [-0.4, -0.2) is 17.4 Å². The number of hydrogen-bond donors (Lipinski definition) is 3. The van der Waals surface area contributed by atoms with Crippen LogP contribution in [0.25, 0.3) is 0 Å². The molecule has 0 radical (unpaired) electrons.